The number of hydrogen-bond donors (Lipinski definition) is 1. The van der Waals surface area contributed by atoms with E-state index in [4.69, 9.17) is 15.2 Å². The van der Waals surface area contributed by atoms with Crippen molar-refractivity contribution in [1.82, 2.24) is 0 Å². The molecule has 3 saturated carbocycles. The largest absolute Gasteiger partial charge is 0.464 e. The molecule has 9 unspecified atom stereocenters. The van der Waals surface area contributed by atoms with Crippen molar-refractivity contribution in [2.45, 2.75) is 234 Å². The minimum atomic E-state index is -0.618. The standard InChI is InChI=1S/C46H67NO4.C21H30O/c1-10-46(27-47,28-50-40(48)44(8)23-11-21-42(6)36-17-13-32(30(2)3)25-34(36)15-19-38(42)44)29-51-41(49)45(9)24-12-22-43(7)37-18-14-33(31(4)5)26-35(37)16-20-39(43)45;1-14(2)16-7-9-18-17(13-16)8-10-19-20(4,15(3)22)11-6-12-21(18,19)5/h13-14,17-18,25-26,30-31,38-39H,10-12,15-16,19-24,27-29,47H2,1-9H3;7,9,13-14,19H,6,8,10-12H2,1-5H3. The second-order valence-corrected chi connectivity index (χ2v) is 27.3. The lowest BCUT2D eigenvalue weighted by Gasteiger charge is -2.54. The van der Waals surface area contributed by atoms with Crippen LogP contribution in [0.25, 0.3) is 0 Å². The van der Waals surface area contributed by atoms with E-state index in [-0.39, 0.29) is 65.2 Å². The molecular weight excluding hydrogens is 899 g/mol. The number of carbonyl (C=O) groups excluding carboxylic acids is 3. The SMILES string of the molecule is CC(=O)C1(C)CCCC2(C)c3ccc(C(C)C)cc3CCC12.CCC(CN)(COC(=O)C1(C)CCCC2(C)c3ccc(C(C)C)cc3CCC12)COC(=O)C1(C)CCCC2(C)c3ccc(C(C)C)cc3CCC12. The zero-order chi connectivity index (χ0) is 53.1. The monoisotopic (exact) mass is 996 g/mol. The third-order valence-corrected chi connectivity index (χ3v) is 22.1. The molecule has 3 aromatic rings. The molecule has 0 saturated heterocycles. The molecule has 9 atom stereocenters. The molecule has 0 bridgehead atoms. The van der Waals surface area contributed by atoms with Gasteiger partial charge < -0.3 is 15.2 Å². The molecular formula is C67H97NO5. The average molecular weight is 997 g/mol. The van der Waals surface area contributed by atoms with Crippen molar-refractivity contribution in [3.8, 4) is 0 Å². The summed E-state index contributed by atoms with van der Waals surface area (Å²) in [5, 5.41) is 0. The lowest BCUT2D eigenvalue weighted by Crippen LogP contribution is -2.54. The second kappa shape index (κ2) is 20.6. The van der Waals surface area contributed by atoms with Crippen molar-refractivity contribution in [2.75, 3.05) is 19.8 Å². The number of rotatable bonds is 12. The highest BCUT2D eigenvalue weighted by Gasteiger charge is 2.58. The van der Waals surface area contributed by atoms with Gasteiger partial charge in [0, 0.05) is 12.0 Å². The van der Waals surface area contributed by atoms with E-state index in [2.05, 4.69) is 145 Å². The van der Waals surface area contributed by atoms with Gasteiger partial charge in [0.15, 0.2) is 0 Å². The number of nitrogens with two attached hydrogens (primary N) is 1. The maximum absolute atomic E-state index is 14.3. The van der Waals surface area contributed by atoms with E-state index in [0.29, 0.717) is 35.9 Å². The van der Waals surface area contributed by atoms with Crippen LogP contribution >= 0.6 is 0 Å². The Bertz CT molecular complexity index is 2420. The summed E-state index contributed by atoms with van der Waals surface area (Å²) in [6, 6.07) is 21.2. The van der Waals surface area contributed by atoms with E-state index >= 15 is 0 Å². The van der Waals surface area contributed by atoms with Gasteiger partial charge in [0.25, 0.3) is 0 Å². The zero-order valence-corrected chi connectivity index (χ0v) is 48.2. The number of esters is 2. The van der Waals surface area contributed by atoms with Crippen LogP contribution in [0.5, 0.6) is 0 Å². The number of carbonyl (C=O) groups is 3. The van der Waals surface area contributed by atoms with Crippen molar-refractivity contribution < 1.29 is 23.9 Å². The molecule has 2 N–H and O–H groups in total. The Morgan fingerprint density at radius 1 is 0.534 bits per heavy atom. The predicted octanol–water partition coefficient (Wildman–Crippen LogP) is 15.5. The van der Waals surface area contributed by atoms with Gasteiger partial charge in [0.1, 0.15) is 19.0 Å². The molecule has 0 amide bonds. The first-order valence-electron chi connectivity index (χ1n) is 29.3. The van der Waals surface area contributed by atoms with Crippen molar-refractivity contribution in [1.29, 1.82) is 0 Å². The number of aryl methyl sites for hydroxylation is 3. The van der Waals surface area contributed by atoms with E-state index in [1.54, 1.807) is 0 Å². The minimum absolute atomic E-state index is 0.0549. The summed E-state index contributed by atoms with van der Waals surface area (Å²) in [5.41, 5.74) is 17.7. The number of ether oxygens (including phenoxy) is 2. The molecule has 9 rings (SSSR count). The fraction of sp³-hybridized carbons (Fsp3) is 0.687. The first-order valence-corrected chi connectivity index (χ1v) is 29.3. The fourth-order valence-electron chi connectivity index (χ4n) is 16.8. The Morgan fingerprint density at radius 2 is 0.849 bits per heavy atom. The van der Waals surface area contributed by atoms with Gasteiger partial charge in [-0.05, 0) is 206 Å². The van der Waals surface area contributed by atoms with Crippen LogP contribution in [0.1, 0.15) is 248 Å². The third kappa shape index (κ3) is 9.64. The number of ketones is 1. The molecule has 73 heavy (non-hydrogen) atoms. The highest BCUT2D eigenvalue weighted by molar-refractivity contribution is 5.83. The molecule has 6 heteroatoms. The summed E-state index contributed by atoms with van der Waals surface area (Å²) >= 11 is 0. The highest BCUT2D eigenvalue weighted by atomic mass is 16.5. The Hall–Kier alpha value is -3.77. The summed E-state index contributed by atoms with van der Waals surface area (Å²) in [6.07, 6.45) is 16.3. The Labute approximate surface area is 442 Å². The number of fused-ring (bicyclic) bond motifs is 9. The van der Waals surface area contributed by atoms with E-state index in [1.807, 2.05) is 6.92 Å². The Kier molecular flexibility index (Phi) is 15.7. The van der Waals surface area contributed by atoms with Crippen LogP contribution in [0, 0.1) is 39.4 Å². The lowest BCUT2D eigenvalue weighted by molar-refractivity contribution is -0.175. The van der Waals surface area contributed by atoms with Gasteiger partial charge in [-0.1, -0.05) is 150 Å². The molecule has 3 fully saturated rings. The van der Waals surface area contributed by atoms with Crippen molar-refractivity contribution in [3.05, 3.63) is 105 Å². The lowest BCUT2D eigenvalue weighted by atomic mass is 9.49. The van der Waals surface area contributed by atoms with E-state index in [0.717, 1.165) is 77.0 Å². The van der Waals surface area contributed by atoms with Crippen molar-refractivity contribution in [3.63, 3.8) is 0 Å². The molecule has 3 aromatic carbocycles. The van der Waals surface area contributed by atoms with Gasteiger partial charge in [-0.15, -0.1) is 0 Å². The van der Waals surface area contributed by atoms with Crippen LogP contribution in [0.4, 0.5) is 0 Å². The number of Topliss-reactive ketones (excluding diaryl/α,β-unsaturated/α-hetero) is 1. The molecule has 0 heterocycles. The third-order valence-electron chi connectivity index (χ3n) is 22.1. The quantitative estimate of drug-likeness (QED) is 0.182. The number of benzene rings is 3. The van der Waals surface area contributed by atoms with E-state index in [1.165, 1.54) is 69.3 Å². The van der Waals surface area contributed by atoms with Crippen LogP contribution in [0.3, 0.4) is 0 Å². The summed E-state index contributed by atoms with van der Waals surface area (Å²) in [6.45, 7) is 31.8. The van der Waals surface area contributed by atoms with E-state index < -0.39 is 16.2 Å². The molecule has 0 radical (unpaired) electrons. The van der Waals surface area contributed by atoms with Gasteiger partial charge in [-0.2, -0.15) is 0 Å². The first kappa shape index (κ1) is 55.5. The Balaban J connectivity index is 0.000000268. The molecule has 400 valence electrons. The maximum atomic E-state index is 14.3. The van der Waals surface area contributed by atoms with Crippen molar-refractivity contribution >= 4 is 17.7 Å². The molecule has 0 aliphatic heterocycles. The highest BCUT2D eigenvalue weighted by Crippen LogP contribution is 2.61. The summed E-state index contributed by atoms with van der Waals surface area (Å²) < 4.78 is 12.6. The number of hydrogen-bond acceptors (Lipinski definition) is 6. The van der Waals surface area contributed by atoms with Crippen LogP contribution in [0.15, 0.2) is 54.6 Å². The normalized spacial score (nSPS) is 33.1. The van der Waals surface area contributed by atoms with Gasteiger partial charge in [-0.25, -0.2) is 0 Å². The predicted molar refractivity (Wildman–Crippen MR) is 299 cm³/mol. The molecule has 6 aliphatic carbocycles. The minimum Gasteiger partial charge on any atom is -0.464 e. The first-order chi connectivity index (χ1) is 34.4. The topological polar surface area (TPSA) is 95.7 Å². The Morgan fingerprint density at radius 3 is 1.14 bits per heavy atom. The molecule has 6 nitrogen and oxygen atoms in total. The van der Waals surface area contributed by atoms with Gasteiger partial charge in [0.2, 0.25) is 0 Å². The smallest absolute Gasteiger partial charge is 0.312 e. The average Bonchev–Trinajstić information content (AvgIpc) is 3.35. The summed E-state index contributed by atoms with van der Waals surface area (Å²) in [7, 11) is 0. The molecule has 0 aromatic heterocycles. The van der Waals surface area contributed by atoms with Crippen LogP contribution in [-0.2, 0) is 59.4 Å². The van der Waals surface area contributed by atoms with E-state index in [9.17, 15) is 14.4 Å². The molecule has 6 aliphatic rings. The van der Waals surface area contributed by atoms with Crippen LogP contribution < -0.4 is 5.73 Å². The van der Waals surface area contributed by atoms with Crippen LogP contribution in [-0.4, -0.2) is 37.5 Å². The van der Waals surface area contributed by atoms with Gasteiger partial charge in [0.05, 0.1) is 16.2 Å². The summed E-state index contributed by atoms with van der Waals surface area (Å²) in [5.74, 6) is 2.69. The summed E-state index contributed by atoms with van der Waals surface area (Å²) in [4.78, 5) is 40.9. The van der Waals surface area contributed by atoms with Gasteiger partial charge in [-0.3, -0.25) is 14.4 Å². The molecule has 0 spiro atoms. The van der Waals surface area contributed by atoms with Crippen molar-refractivity contribution in [2.24, 2.45) is 45.1 Å². The fourth-order valence-corrected chi connectivity index (χ4v) is 16.8. The van der Waals surface area contributed by atoms with Gasteiger partial charge >= 0.3 is 11.9 Å². The van der Waals surface area contributed by atoms with Crippen LogP contribution in [0.2, 0.25) is 0 Å². The zero-order valence-electron chi connectivity index (χ0n) is 48.2. The maximum Gasteiger partial charge on any atom is 0.312 e. The second-order valence-electron chi connectivity index (χ2n) is 27.3.